The zero-order valence-electron chi connectivity index (χ0n) is 16.4. The van der Waals surface area contributed by atoms with Gasteiger partial charge >= 0.3 is 5.97 Å². The van der Waals surface area contributed by atoms with E-state index in [1.54, 1.807) is 13.0 Å². The molecule has 0 atom stereocenters. The SMILES string of the molecule is CCOC(=O)c1cnn(-c2ccc(NC(=O)Cc3ccccc3F)cc2S(N)(=O)=O)c1. The molecule has 0 saturated heterocycles. The predicted molar refractivity (Wildman–Crippen MR) is 110 cm³/mol. The molecule has 0 bridgehead atoms. The molecule has 0 aliphatic carbocycles. The lowest BCUT2D eigenvalue weighted by atomic mass is 10.1. The van der Waals surface area contributed by atoms with E-state index < -0.39 is 27.7 Å². The number of anilines is 1. The van der Waals surface area contributed by atoms with E-state index in [4.69, 9.17) is 9.88 Å². The Bertz CT molecular complexity index is 1240. The van der Waals surface area contributed by atoms with Crippen LogP contribution in [-0.4, -0.2) is 36.7 Å². The first-order chi connectivity index (χ1) is 14.7. The summed E-state index contributed by atoms with van der Waals surface area (Å²) in [6.45, 7) is 1.83. The van der Waals surface area contributed by atoms with Crippen molar-refractivity contribution in [2.45, 2.75) is 18.2 Å². The quantitative estimate of drug-likeness (QED) is 0.534. The Kier molecular flexibility index (Phi) is 6.47. The van der Waals surface area contributed by atoms with Gasteiger partial charge in [0, 0.05) is 11.9 Å². The number of primary sulfonamides is 1. The van der Waals surface area contributed by atoms with Gasteiger partial charge in [0.15, 0.2) is 0 Å². The maximum Gasteiger partial charge on any atom is 0.341 e. The fourth-order valence-electron chi connectivity index (χ4n) is 2.80. The number of carbonyl (C=O) groups is 2. The summed E-state index contributed by atoms with van der Waals surface area (Å²) in [5, 5.41) is 11.8. The van der Waals surface area contributed by atoms with Crippen molar-refractivity contribution >= 4 is 27.6 Å². The van der Waals surface area contributed by atoms with Crippen molar-refractivity contribution in [2.75, 3.05) is 11.9 Å². The van der Waals surface area contributed by atoms with Gasteiger partial charge in [-0.1, -0.05) is 18.2 Å². The number of carbonyl (C=O) groups excluding carboxylic acids is 2. The third kappa shape index (κ3) is 5.32. The standard InChI is InChI=1S/C20H19FN4O5S/c1-2-30-20(27)14-11-23-25(12-14)17-8-7-15(10-18(17)31(22,28)29)24-19(26)9-13-5-3-4-6-16(13)21/h3-8,10-12H,2,9H2,1H3,(H,24,26)(H2,22,28,29). The van der Waals surface area contributed by atoms with Crippen molar-refractivity contribution < 1.29 is 27.1 Å². The second kappa shape index (κ2) is 9.06. The molecule has 1 aromatic heterocycles. The second-order valence-corrected chi connectivity index (χ2v) is 7.97. The number of aromatic nitrogens is 2. The molecule has 0 radical (unpaired) electrons. The Morgan fingerprint density at radius 2 is 1.97 bits per heavy atom. The molecule has 0 saturated carbocycles. The number of halogens is 1. The Balaban J connectivity index is 1.88. The first-order valence-electron chi connectivity index (χ1n) is 9.11. The molecule has 2 aromatic carbocycles. The summed E-state index contributed by atoms with van der Waals surface area (Å²) < 4.78 is 44.0. The Morgan fingerprint density at radius 3 is 2.65 bits per heavy atom. The number of hydrogen-bond donors (Lipinski definition) is 2. The van der Waals surface area contributed by atoms with Gasteiger partial charge in [0.2, 0.25) is 15.9 Å². The predicted octanol–water partition coefficient (Wildman–Crippen LogP) is 2.02. The van der Waals surface area contributed by atoms with Crippen LogP contribution in [0.3, 0.4) is 0 Å². The van der Waals surface area contributed by atoms with E-state index >= 15 is 0 Å². The second-order valence-electron chi connectivity index (χ2n) is 6.44. The van der Waals surface area contributed by atoms with Gasteiger partial charge in [0.1, 0.15) is 10.7 Å². The van der Waals surface area contributed by atoms with Crippen LogP contribution in [0.4, 0.5) is 10.1 Å². The van der Waals surface area contributed by atoms with Gasteiger partial charge in [-0.3, -0.25) is 4.79 Å². The molecule has 11 heteroatoms. The van der Waals surface area contributed by atoms with Gasteiger partial charge < -0.3 is 10.1 Å². The number of nitrogens with two attached hydrogens (primary N) is 1. The highest BCUT2D eigenvalue weighted by Crippen LogP contribution is 2.24. The topological polar surface area (TPSA) is 133 Å². The van der Waals surface area contributed by atoms with Crippen LogP contribution in [0.25, 0.3) is 5.69 Å². The van der Waals surface area contributed by atoms with Gasteiger partial charge in [0.05, 0.1) is 30.5 Å². The molecule has 0 aliphatic heterocycles. The van der Waals surface area contributed by atoms with Gasteiger partial charge in [-0.05, 0) is 36.8 Å². The number of benzene rings is 2. The van der Waals surface area contributed by atoms with Crippen LogP contribution in [0.15, 0.2) is 59.8 Å². The zero-order chi connectivity index (χ0) is 22.6. The highest BCUT2D eigenvalue weighted by atomic mass is 32.2. The normalized spacial score (nSPS) is 11.2. The van der Waals surface area contributed by atoms with Gasteiger partial charge in [-0.2, -0.15) is 5.10 Å². The number of ether oxygens (including phenoxy) is 1. The molecule has 1 heterocycles. The van der Waals surface area contributed by atoms with E-state index in [0.29, 0.717) is 0 Å². The Morgan fingerprint density at radius 1 is 1.23 bits per heavy atom. The zero-order valence-corrected chi connectivity index (χ0v) is 17.2. The summed E-state index contributed by atoms with van der Waals surface area (Å²) in [4.78, 5) is 23.8. The number of rotatable bonds is 7. The fraction of sp³-hybridized carbons (Fsp3) is 0.150. The summed E-state index contributed by atoms with van der Waals surface area (Å²) in [6, 6.07) is 9.81. The van der Waals surface area contributed by atoms with Crippen LogP contribution >= 0.6 is 0 Å². The Hall–Kier alpha value is -3.57. The average Bonchev–Trinajstić information content (AvgIpc) is 3.19. The number of hydrogen-bond acceptors (Lipinski definition) is 6. The molecular formula is C20H19FN4O5S. The summed E-state index contributed by atoms with van der Waals surface area (Å²) in [5.41, 5.74) is 0.549. The minimum atomic E-state index is -4.22. The largest absolute Gasteiger partial charge is 0.462 e. The molecular weight excluding hydrogens is 427 g/mol. The van der Waals surface area contributed by atoms with Gasteiger partial charge in [0.25, 0.3) is 0 Å². The van der Waals surface area contributed by atoms with Crippen LogP contribution in [-0.2, 0) is 26.0 Å². The van der Waals surface area contributed by atoms with E-state index in [0.717, 1.165) is 10.7 Å². The van der Waals surface area contributed by atoms with Crippen LogP contribution in [0.1, 0.15) is 22.8 Å². The van der Waals surface area contributed by atoms with Crippen LogP contribution < -0.4 is 10.5 Å². The number of nitrogens with zero attached hydrogens (tertiary/aromatic N) is 2. The van der Waals surface area contributed by atoms with E-state index in [2.05, 4.69) is 10.4 Å². The van der Waals surface area contributed by atoms with Gasteiger partial charge in [-0.15, -0.1) is 0 Å². The van der Waals surface area contributed by atoms with Crippen LogP contribution in [0, 0.1) is 5.82 Å². The molecule has 1 amide bonds. The molecule has 3 rings (SSSR count). The van der Waals surface area contributed by atoms with E-state index in [-0.39, 0.29) is 40.4 Å². The molecule has 0 fully saturated rings. The summed E-state index contributed by atoms with van der Waals surface area (Å²) in [7, 11) is -4.22. The monoisotopic (exact) mass is 446 g/mol. The Labute approximate surface area is 177 Å². The highest BCUT2D eigenvalue weighted by Gasteiger charge is 2.19. The van der Waals surface area contributed by atoms with Crippen molar-refractivity contribution in [2.24, 2.45) is 5.14 Å². The molecule has 0 aliphatic rings. The summed E-state index contributed by atoms with van der Waals surface area (Å²) in [5.74, 6) is -1.67. The first-order valence-corrected chi connectivity index (χ1v) is 10.7. The van der Waals surface area contributed by atoms with Gasteiger partial charge in [-0.25, -0.2) is 27.4 Å². The van der Waals surface area contributed by atoms with Crippen LogP contribution in [0.5, 0.6) is 0 Å². The summed E-state index contributed by atoms with van der Waals surface area (Å²) >= 11 is 0. The number of sulfonamides is 1. The lowest BCUT2D eigenvalue weighted by molar-refractivity contribution is -0.115. The average molecular weight is 446 g/mol. The third-order valence-corrected chi connectivity index (χ3v) is 5.14. The lowest BCUT2D eigenvalue weighted by Crippen LogP contribution is -2.18. The van der Waals surface area contributed by atoms with Crippen molar-refractivity contribution in [3.63, 3.8) is 0 Å². The molecule has 0 spiro atoms. The lowest BCUT2D eigenvalue weighted by Gasteiger charge is -2.11. The molecule has 31 heavy (non-hydrogen) atoms. The van der Waals surface area contributed by atoms with Crippen molar-refractivity contribution in [1.82, 2.24) is 9.78 Å². The molecule has 0 unspecified atom stereocenters. The fourth-order valence-corrected chi connectivity index (χ4v) is 3.55. The number of esters is 1. The van der Waals surface area contributed by atoms with Crippen LogP contribution in [0.2, 0.25) is 0 Å². The smallest absolute Gasteiger partial charge is 0.341 e. The molecule has 9 nitrogen and oxygen atoms in total. The minimum absolute atomic E-state index is 0.0742. The number of amides is 1. The summed E-state index contributed by atoms with van der Waals surface area (Å²) in [6.07, 6.45) is 2.30. The highest BCUT2D eigenvalue weighted by molar-refractivity contribution is 7.89. The van der Waals surface area contributed by atoms with E-state index in [1.807, 2.05) is 0 Å². The maximum absolute atomic E-state index is 13.7. The van der Waals surface area contributed by atoms with Crippen molar-refractivity contribution in [3.8, 4) is 5.69 Å². The molecule has 3 N–H and O–H groups in total. The molecule has 3 aromatic rings. The number of nitrogens with one attached hydrogen (secondary N) is 1. The third-order valence-electron chi connectivity index (χ3n) is 4.20. The van der Waals surface area contributed by atoms with E-state index in [1.165, 1.54) is 42.7 Å². The molecule has 162 valence electrons. The first kappa shape index (κ1) is 22.1. The van der Waals surface area contributed by atoms with E-state index in [9.17, 15) is 22.4 Å². The maximum atomic E-state index is 13.7. The minimum Gasteiger partial charge on any atom is -0.462 e. The van der Waals surface area contributed by atoms with Crippen molar-refractivity contribution in [3.05, 3.63) is 71.8 Å². The van der Waals surface area contributed by atoms with Crippen molar-refractivity contribution in [1.29, 1.82) is 0 Å².